The van der Waals surface area contributed by atoms with E-state index in [1.54, 1.807) is 12.1 Å². The van der Waals surface area contributed by atoms with E-state index in [1.807, 2.05) is 20.8 Å². The van der Waals surface area contributed by atoms with Gasteiger partial charge < -0.3 is 9.47 Å². The molecule has 136 valence electrons. The Kier molecular flexibility index (Phi) is 6.92. The molecule has 0 saturated heterocycles. The molecular formula is C18H29NO4S. The van der Waals surface area contributed by atoms with Crippen LogP contribution in [-0.4, -0.2) is 27.7 Å². The highest BCUT2D eigenvalue weighted by Crippen LogP contribution is 2.32. The van der Waals surface area contributed by atoms with Gasteiger partial charge >= 0.3 is 0 Å². The Labute approximate surface area is 145 Å². The van der Waals surface area contributed by atoms with Crippen molar-refractivity contribution in [2.24, 2.45) is 0 Å². The van der Waals surface area contributed by atoms with Crippen molar-refractivity contribution in [3.8, 4) is 11.5 Å². The molecule has 6 heteroatoms. The number of ether oxygens (including phenoxy) is 2. The van der Waals surface area contributed by atoms with Gasteiger partial charge in [0.25, 0.3) is 0 Å². The summed E-state index contributed by atoms with van der Waals surface area (Å²) in [5.41, 5.74) is 0.869. The first-order valence-corrected chi connectivity index (χ1v) is 10.4. The summed E-state index contributed by atoms with van der Waals surface area (Å²) in [6.45, 7) is 6.53. The van der Waals surface area contributed by atoms with Crippen molar-refractivity contribution in [1.29, 1.82) is 0 Å². The first kappa shape index (κ1) is 19.1. The number of sulfonamides is 1. The van der Waals surface area contributed by atoms with Gasteiger partial charge in [-0.3, -0.25) is 0 Å². The molecular weight excluding hydrogens is 326 g/mol. The van der Waals surface area contributed by atoms with E-state index >= 15 is 0 Å². The van der Waals surface area contributed by atoms with Crippen LogP contribution in [0, 0.1) is 6.92 Å². The largest absolute Gasteiger partial charge is 0.494 e. The third-order valence-corrected chi connectivity index (χ3v) is 5.85. The predicted octanol–water partition coefficient (Wildman–Crippen LogP) is 3.79. The lowest BCUT2D eigenvalue weighted by Gasteiger charge is -2.19. The fraction of sp³-hybridized carbons (Fsp3) is 0.667. The molecule has 0 atom stereocenters. The van der Waals surface area contributed by atoms with Gasteiger partial charge in [-0.25, -0.2) is 13.1 Å². The molecule has 1 aliphatic carbocycles. The van der Waals surface area contributed by atoms with E-state index in [1.165, 1.54) is 12.8 Å². The number of rotatable bonds is 7. The van der Waals surface area contributed by atoms with Crippen molar-refractivity contribution < 1.29 is 17.9 Å². The summed E-state index contributed by atoms with van der Waals surface area (Å²) in [6.07, 6.45) is 6.30. The summed E-state index contributed by atoms with van der Waals surface area (Å²) >= 11 is 0. The summed E-state index contributed by atoms with van der Waals surface area (Å²) in [4.78, 5) is 0.169. The van der Waals surface area contributed by atoms with Crippen molar-refractivity contribution in [1.82, 2.24) is 4.72 Å². The summed E-state index contributed by atoms with van der Waals surface area (Å²) in [5.74, 6) is 0.974. The van der Waals surface area contributed by atoms with E-state index in [-0.39, 0.29) is 10.9 Å². The molecule has 0 unspecified atom stereocenters. The second-order valence-electron chi connectivity index (χ2n) is 6.24. The Bertz CT molecular complexity index is 635. The van der Waals surface area contributed by atoms with E-state index in [9.17, 15) is 8.42 Å². The lowest BCUT2D eigenvalue weighted by Crippen LogP contribution is -2.34. The first-order valence-electron chi connectivity index (χ1n) is 8.90. The molecule has 0 heterocycles. The summed E-state index contributed by atoms with van der Waals surface area (Å²) < 4.78 is 39.9. The van der Waals surface area contributed by atoms with Crippen molar-refractivity contribution in [2.45, 2.75) is 70.2 Å². The molecule has 1 saturated carbocycles. The molecule has 0 bridgehead atoms. The van der Waals surface area contributed by atoms with Gasteiger partial charge in [0.1, 0.15) is 16.4 Å². The Morgan fingerprint density at radius 3 is 2.17 bits per heavy atom. The number of benzene rings is 1. The summed E-state index contributed by atoms with van der Waals surface area (Å²) in [7, 11) is -3.64. The molecule has 1 N–H and O–H groups in total. The zero-order valence-electron chi connectivity index (χ0n) is 14.9. The average molecular weight is 356 g/mol. The van der Waals surface area contributed by atoms with Crippen LogP contribution in [0.2, 0.25) is 0 Å². The third kappa shape index (κ3) is 4.86. The number of nitrogens with one attached hydrogen (secondary N) is 1. The van der Waals surface area contributed by atoms with Crippen LogP contribution in [-0.2, 0) is 10.0 Å². The van der Waals surface area contributed by atoms with Gasteiger partial charge in [-0.05, 0) is 45.2 Å². The Balaban J connectivity index is 2.33. The normalized spacial score (nSPS) is 16.6. The second-order valence-corrected chi connectivity index (χ2v) is 7.92. The lowest BCUT2D eigenvalue weighted by molar-refractivity contribution is 0.320. The summed E-state index contributed by atoms with van der Waals surface area (Å²) in [5, 5.41) is 0. The molecule has 0 aliphatic heterocycles. The maximum absolute atomic E-state index is 12.9. The fourth-order valence-corrected chi connectivity index (χ4v) is 4.56. The van der Waals surface area contributed by atoms with Gasteiger partial charge in [0.15, 0.2) is 0 Å². The van der Waals surface area contributed by atoms with Crippen LogP contribution < -0.4 is 14.2 Å². The van der Waals surface area contributed by atoms with E-state index in [0.717, 1.165) is 31.2 Å². The highest BCUT2D eigenvalue weighted by Gasteiger charge is 2.26. The van der Waals surface area contributed by atoms with E-state index in [2.05, 4.69) is 4.72 Å². The highest BCUT2D eigenvalue weighted by atomic mass is 32.2. The van der Waals surface area contributed by atoms with E-state index in [4.69, 9.17) is 9.47 Å². The quantitative estimate of drug-likeness (QED) is 0.756. The predicted molar refractivity (Wildman–Crippen MR) is 95.3 cm³/mol. The molecule has 1 fully saturated rings. The van der Waals surface area contributed by atoms with Gasteiger partial charge in [0.2, 0.25) is 10.0 Å². The zero-order valence-corrected chi connectivity index (χ0v) is 15.7. The molecule has 0 amide bonds. The van der Waals surface area contributed by atoms with E-state index < -0.39 is 10.0 Å². The lowest BCUT2D eigenvalue weighted by atomic mass is 10.1. The van der Waals surface area contributed by atoms with Crippen molar-refractivity contribution in [3.63, 3.8) is 0 Å². The first-order chi connectivity index (χ1) is 11.5. The maximum atomic E-state index is 12.9. The summed E-state index contributed by atoms with van der Waals surface area (Å²) in [6, 6.07) is 3.34. The van der Waals surface area contributed by atoms with Crippen LogP contribution in [0.1, 0.15) is 57.9 Å². The smallest absolute Gasteiger partial charge is 0.244 e. The Morgan fingerprint density at radius 1 is 1.00 bits per heavy atom. The van der Waals surface area contributed by atoms with Gasteiger partial charge in [-0.2, -0.15) is 0 Å². The zero-order chi connectivity index (χ0) is 17.6. The number of hydrogen-bond donors (Lipinski definition) is 1. The second kappa shape index (κ2) is 8.72. The SMILES string of the molecule is CCOc1cc(S(=O)(=O)NC2CCCCCC2)c(OCC)cc1C. The highest BCUT2D eigenvalue weighted by molar-refractivity contribution is 7.89. The molecule has 2 rings (SSSR count). The number of hydrogen-bond acceptors (Lipinski definition) is 4. The molecule has 1 aliphatic rings. The Morgan fingerprint density at radius 2 is 1.58 bits per heavy atom. The van der Waals surface area contributed by atoms with Crippen LogP contribution in [0.3, 0.4) is 0 Å². The van der Waals surface area contributed by atoms with Crippen LogP contribution in [0.15, 0.2) is 17.0 Å². The third-order valence-electron chi connectivity index (χ3n) is 4.31. The van der Waals surface area contributed by atoms with Crippen molar-refractivity contribution in [2.75, 3.05) is 13.2 Å². The molecule has 0 radical (unpaired) electrons. The molecule has 0 spiro atoms. The van der Waals surface area contributed by atoms with Crippen LogP contribution in [0.4, 0.5) is 0 Å². The Hall–Kier alpha value is -1.27. The minimum absolute atomic E-state index is 0.00354. The molecule has 1 aromatic carbocycles. The minimum atomic E-state index is -3.64. The van der Waals surface area contributed by atoms with Crippen molar-refractivity contribution >= 4 is 10.0 Å². The molecule has 5 nitrogen and oxygen atoms in total. The van der Waals surface area contributed by atoms with E-state index in [0.29, 0.717) is 24.7 Å². The fourth-order valence-electron chi connectivity index (χ4n) is 3.11. The topological polar surface area (TPSA) is 64.6 Å². The average Bonchev–Trinajstić information content (AvgIpc) is 2.78. The monoisotopic (exact) mass is 355 g/mol. The van der Waals surface area contributed by atoms with Gasteiger partial charge in [0.05, 0.1) is 13.2 Å². The minimum Gasteiger partial charge on any atom is -0.494 e. The maximum Gasteiger partial charge on any atom is 0.244 e. The van der Waals surface area contributed by atoms with Gasteiger partial charge in [-0.15, -0.1) is 0 Å². The standard InChI is InChI=1S/C18H29NO4S/c1-4-22-16-13-18(17(23-5-2)12-14(16)3)24(20,21)19-15-10-8-6-7-9-11-15/h12-13,15,19H,4-11H2,1-3H3. The van der Waals surface area contributed by atoms with Crippen LogP contribution in [0.25, 0.3) is 0 Å². The molecule has 0 aromatic heterocycles. The van der Waals surface area contributed by atoms with Gasteiger partial charge in [-0.1, -0.05) is 25.7 Å². The number of aryl methyl sites for hydroxylation is 1. The van der Waals surface area contributed by atoms with Gasteiger partial charge in [0, 0.05) is 12.1 Å². The van der Waals surface area contributed by atoms with Crippen LogP contribution in [0.5, 0.6) is 11.5 Å². The van der Waals surface area contributed by atoms with Crippen LogP contribution >= 0.6 is 0 Å². The molecule has 24 heavy (non-hydrogen) atoms. The molecule has 1 aromatic rings. The van der Waals surface area contributed by atoms with Crippen molar-refractivity contribution in [3.05, 3.63) is 17.7 Å².